The van der Waals surface area contributed by atoms with Gasteiger partial charge in [0.1, 0.15) is 5.82 Å². The van der Waals surface area contributed by atoms with Crippen molar-refractivity contribution in [2.75, 3.05) is 0 Å². The minimum atomic E-state index is -0.120. The van der Waals surface area contributed by atoms with E-state index in [0.717, 1.165) is 47.6 Å². The van der Waals surface area contributed by atoms with E-state index in [1.807, 2.05) is 22.9 Å². The van der Waals surface area contributed by atoms with E-state index >= 15 is 0 Å². The number of benzene rings is 2. The molecule has 0 bridgehead atoms. The van der Waals surface area contributed by atoms with Crippen LogP contribution in [-0.2, 0) is 13.0 Å². The number of rotatable bonds is 10. The predicted octanol–water partition coefficient (Wildman–Crippen LogP) is 4.32. The number of H-pyrrole nitrogens is 1. The maximum atomic E-state index is 6.21. The second-order valence-corrected chi connectivity index (χ2v) is 7.99. The molecule has 0 fully saturated rings. The predicted molar refractivity (Wildman–Crippen MR) is 125 cm³/mol. The second kappa shape index (κ2) is 10.3. The lowest BCUT2D eigenvalue weighted by Crippen LogP contribution is -2.11. The van der Waals surface area contributed by atoms with Crippen molar-refractivity contribution in [1.82, 2.24) is 35.4 Å². The number of unbranched alkanes of at least 4 members (excludes halogenated alkanes) is 2. The summed E-state index contributed by atoms with van der Waals surface area (Å²) in [6.07, 6.45) is 5.24. The van der Waals surface area contributed by atoms with Crippen LogP contribution in [0.4, 0.5) is 0 Å². The minimum absolute atomic E-state index is 0.120. The molecule has 2 aromatic heterocycles. The number of aromatic nitrogens is 7. The van der Waals surface area contributed by atoms with E-state index in [9.17, 15) is 0 Å². The summed E-state index contributed by atoms with van der Waals surface area (Å²) in [5.74, 6) is 2.34. The van der Waals surface area contributed by atoms with Crippen LogP contribution in [0.25, 0.3) is 22.5 Å². The molecule has 0 aliphatic carbocycles. The van der Waals surface area contributed by atoms with Crippen molar-refractivity contribution < 1.29 is 0 Å². The Bertz CT molecular complexity index is 1120. The van der Waals surface area contributed by atoms with Crippen LogP contribution >= 0.6 is 0 Å². The molecule has 4 aromatic rings. The van der Waals surface area contributed by atoms with Crippen LogP contribution in [-0.4, -0.2) is 35.4 Å². The first-order valence-electron chi connectivity index (χ1n) is 11.3. The highest BCUT2D eigenvalue weighted by atomic mass is 15.5. The maximum absolute atomic E-state index is 6.21. The number of nitrogens with zero attached hydrogens (tertiary/aromatic N) is 6. The van der Waals surface area contributed by atoms with E-state index in [0.29, 0.717) is 12.4 Å². The van der Waals surface area contributed by atoms with Gasteiger partial charge in [-0.15, -0.1) is 10.2 Å². The Hall–Kier alpha value is -3.39. The highest BCUT2D eigenvalue weighted by Crippen LogP contribution is 2.29. The quantitative estimate of drug-likeness (QED) is 0.363. The van der Waals surface area contributed by atoms with E-state index < -0.39 is 0 Å². The molecule has 1 unspecified atom stereocenters. The summed E-state index contributed by atoms with van der Waals surface area (Å²) >= 11 is 0. The topological polar surface area (TPSA) is 111 Å². The molecule has 0 aliphatic rings. The summed E-state index contributed by atoms with van der Waals surface area (Å²) in [5, 5.41) is 19.2. The SMILES string of the molecule is CCCCCc1nc(C(N)CC)nn1Cc1ccc(-c2ccccc2-c2nn[nH]n2)cc1. The Balaban J connectivity index is 1.57. The molecule has 0 radical (unpaired) electrons. The lowest BCUT2D eigenvalue weighted by Gasteiger charge is -2.09. The van der Waals surface area contributed by atoms with E-state index in [1.165, 1.54) is 18.4 Å². The first-order valence-corrected chi connectivity index (χ1v) is 11.3. The number of aromatic amines is 1. The van der Waals surface area contributed by atoms with Crippen molar-refractivity contribution in [2.45, 2.75) is 58.5 Å². The van der Waals surface area contributed by atoms with E-state index in [4.69, 9.17) is 15.8 Å². The molecule has 0 saturated carbocycles. The number of nitrogens with two attached hydrogens (primary N) is 1. The smallest absolute Gasteiger partial charge is 0.205 e. The average Bonchev–Trinajstić information content (AvgIpc) is 3.50. The fraction of sp³-hybridized carbons (Fsp3) is 0.375. The number of hydrogen-bond acceptors (Lipinski definition) is 6. The Kier molecular flexibility index (Phi) is 7.01. The first kappa shape index (κ1) is 21.8. The molecular weight excluding hydrogens is 400 g/mol. The lowest BCUT2D eigenvalue weighted by molar-refractivity contribution is 0.591. The standard InChI is InChI=1S/C24H30N8/c1-3-5-6-11-22-26-24(21(25)4-2)29-32(22)16-17-12-14-18(15-13-17)19-9-7-8-10-20(19)23-27-30-31-28-23/h7-10,12-15,21H,3-6,11,16,25H2,1-2H3,(H,27,28,30,31). The summed E-state index contributed by atoms with van der Waals surface area (Å²) in [4.78, 5) is 4.76. The number of aryl methyl sites for hydroxylation is 1. The average molecular weight is 431 g/mol. The minimum Gasteiger partial charge on any atom is -0.321 e. The molecule has 166 valence electrons. The van der Waals surface area contributed by atoms with Gasteiger partial charge in [-0.05, 0) is 34.7 Å². The molecule has 2 heterocycles. The molecule has 0 saturated heterocycles. The van der Waals surface area contributed by atoms with Crippen molar-refractivity contribution in [2.24, 2.45) is 5.73 Å². The Morgan fingerprint density at radius 1 is 1.00 bits per heavy atom. The third kappa shape index (κ3) is 4.91. The summed E-state index contributed by atoms with van der Waals surface area (Å²) < 4.78 is 2.02. The van der Waals surface area contributed by atoms with Crippen molar-refractivity contribution in [1.29, 1.82) is 0 Å². The molecule has 32 heavy (non-hydrogen) atoms. The molecular formula is C24H30N8. The van der Waals surface area contributed by atoms with Gasteiger partial charge in [0.15, 0.2) is 5.82 Å². The van der Waals surface area contributed by atoms with Crippen molar-refractivity contribution in [3.63, 3.8) is 0 Å². The van der Waals surface area contributed by atoms with Gasteiger partial charge >= 0.3 is 0 Å². The Labute approximate surface area is 188 Å². The summed E-state index contributed by atoms with van der Waals surface area (Å²) in [6, 6.07) is 16.5. The van der Waals surface area contributed by atoms with Crippen molar-refractivity contribution in [3.05, 3.63) is 65.7 Å². The van der Waals surface area contributed by atoms with Crippen LogP contribution in [0.3, 0.4) is 0 Å². The molecule has 8 nitrogen and oxygen atoms in total. The van der Waals surface area contributed by atoms with Gasteiger partial charge < -0.3 is 5.73 Å². The summed E-state index contributed by atoms with van der Waals surface area (Å²) in [5.41, 5.74) is 10.5. The van der Waals surface area contributed by atoms with Gasteiger partial charge in [0, 0.05) is 12.0 Å². The van der Waals surface area contributed by atoms with Gasteiger partial charge in [-0.2, -0.15) is 10.3 Å². The largest absolute Gasteiger partial charge is 0.321 e. The summed E-state index contributed by atoms with van der Waals surface area (Å²) in [6.45, 7) is 4.95. The Morgan fingerprint density at radius 2 is 1.78 bits per heavy atom. The van der Waals surface area contributed by atoms with E-state index in [1.54, 1.807) is 0 Å². The maximum Gasteiger partial charge on any atom is 0.205 e. The zero-order valence-corrected chi connectivity index (χ0v) is 18.7. The molecule has 4 rings (SSSR count). The lowest BCUT2D eigenvalue weighted by atomic mass is 9.98. The van der Waals surface area contributed by atoms with Gasteiger partial charge in [0.25, 0.3) is 0 Å². The molecule has 0 spiro atoms. The third-order valence-electron chi connectivity index (χ3n) is 5.65. The highest BCUT2D eigenvalue weighted by Gasteiger charge is 2.15. The van der Waals surface area contributed by atoms with Crippen LogP contribution in [0, 0.1) is 0 Å². The van der Waals surface area contributed by atoms with Crippen LogP contribution in [0.2, 0.25) is 0 Å². The van der Waals surface area contributed by atoms with Crippen LogP contribution < -0.4 is 5.73 Å². The van der Waals surface area contributed by atoms with Gasteiger partial charge in [0.2, 0.25) is 5.82 Å². The summed E-state index contributed by atoms with van der Waals surface area (Å²) in [7, 11) is 0. The Morgan fingerprint density at radius 3 is 2.47 bits per heavy atom. The van der Waals surface area contributed by atoms with Crippen LogP contribution in [0.1, 0.15) is 62.8 Å². The highest BCUT2D eigenvalue weighted by molar-refractivity contribution is 5.80. The molecule has 2 aromatic carbocycles. The molecule has 1 atom stereocenters. The van der Waals surface area contributed by atoms with Gasteiger partial charge in [-0.25, -0.2) is 9.67 Å². The van der Waals surface area contributed by atoms with Crippen LogP contribution in [0.15, 0.2) is 48.5 Å². The third-order valence-corrected chi connectivity index (χ3v) is 5.65. The van der Waals surface area contributed by atoms with Crippen molar-refractivity contribution >= 4 is 0 Å². The number of hydrogen-bond donors (Lipinski definition) is 2. The fourth-order valence-corrected chi connectivity index (χ4v) is 3.75. The molecule has 0 amide bonds. The molecule has 8 heteroatoms. The van der Waals surface area contributed by atoms with Crippen LogP contribution in [0.5, 0.6) is 0 Å². The van der Waals surface area contributed by atoms with Gasteiger partial charge in [0.05, 0.1) is 12.6 Å². The van der Waals surface area contributed by atoms with Gasteiger partial charge in [-0.1, -0.05) is 75.2 Å². The normalized spacial score (nSPS) is 12.2. The molecule has 3 N–H and O–H groups in total. The monoisotopic (exact) mass is 430 g/mol. The number of nitrogens with one attached hydrogen (secondary N) is 1. The van der Waals surface area contributed by atoms with Crippen molar-refractivity contribution in [3.8, 4) is 22.5 Å². The molecule has 0 aliphatic heterocycles. The number of tetrazole rings is 1. The second-order valence-electron chi connectivity index (χ2n) is 7.99. The van der Waals surface area contributed by atoms with E-state index in [2.05, 4.69) is 64.8 Å². The zero-order chi connectivity index (χ0) is 22.3. The zero-order valence-electron chi connectivity index (χ0n) is 18.7. The first-order chi connectivity index (χ1) is 15.7. The fourth-order valence-electron chi connectivity index (χ4n) is 3.75. The van der Waals surface area contributed by atoms with E-state index in [-0.39, 0.29) is 6.04 Å². The van der Waals surface area contributed by atoms with Gasteiger partial charge in [-0.3, -0.25) is 0 Å².